The molecule has 88 valence electrons. The van der Waals surface area contributed by atoms with Crippen molar-refractivity contribution in [2.24, 2.45) is 0 Å². The maximum absolute atomic E-state index is 6.01. The smallest absolute Gasteiger partial charge is 0.0599 e. The van der Waals surface area contributed by atoms with Crippen molar-refractivity contribution in [2.45, 2.75) is 19.9 Å². The van der Waals surface area contributed by atoms with Gasteiger partial charge in [0, 0.05) is 36.9 Å². The summed E-state index contributed by atoms with van der Waals surface area (Å²) in [5, 5.41) is 3.84. The van der Waals surface area contributed by atoms with E-state index in [1.54, 1.807) is 0 Å². The fourth-order valence-corrected chi connectivity index (χ4v) is 1.64. The quantitative estimate of drug-likeness (QED) is 0.867. The van der Waals surface area contributed by atoms with Gasteiger partial charge in [-0.2, -0.15) is 0 Å². The van der Waals surface area contributed by atoms with E-state index in [9.17, 15) is 0 Å². The molecule has 0 aliphatic carbocycles. The third-order valence-corrected chi connectivity index (χ3v) is 2.79. The monoisotopic (exact) mass is 238 g/mol. The fourth-order valence-electron chi connectivity index (χ4n) is 1.45. The minimum atomic E-state index is 0.443. The molecule has 0 unspecified atom stereocenters. The number of hydrogen-bond donors (Lipinski definition) is 1. The zero-order valence-corrected chi connectivity index (χ0v) is 11.0. The topological polar surface area (TPSA) is 15.3 Å². The molecule has 0 fully saturated rings. The van der Waals surface area contributed by atoms with Crippen LogP contribution in [0.25, 0.3) is 5.70 Å². The van der Waals surface area contributed by atoms with Crippen LogP contribution in [0.1, 0.15) is 19.4 Å². The van der Waals surface area contributed by atoms with Gasteiger partial charge in [0.15, 0.2) is 0 Å². The van der Waals surface area contributed by atoms with Crippen molar-refractivity contribution >= 4 is 17.3 Å². The lowest BCUT2D eigenvalue weighted by Gasteiger charge is -2.27. The van der Waals surface area contributed by atoms with Crippen LogP contribution in [0, 0.1) is 0 Å². The molecule has 0 heterocycles. The third-order valence-electron chi connectivity index (χ3n) is 2.56. The molecule has 1 rings (SSSR count). The van der Waals surface area contributed by atoms with Crippen molar-refractivity contribution < 1.29 is 0 Å². The molecule has 1 aromatic rings. The summed E-state index contributed by atoms with van der Waals surface area (Å²) >= 11 is 6.01. The van der Waals surface area contributed by atoms with Gasteiger partial charge in [0.25, 0.3) is 0 Å². The number of nitrogens with one attached hydrogen (secondary N) is 1. The van der Waals surface area contributed by atoms with Crippen LogP contribution in [0.15, 0.2) is 30.5 Å². The molecule has 1 N–H and O–H groups in total. The van der Waals surface area contributed by atoms with E-state index < -0.39 is 0 Å². The van der Waals surface area contributed by atoms with Crippen LogP contribution >= 0.6 is 11.6 Å². The van der Waals surface area contributed by atoms with Crippen LogP contribution in [0.4, 0.5) is 0 Å². The standard InChI is InChI=1S/C13H19ClN2/c1-10(2)16(4)13(9-15-3)11-6-5-7-12(14)8-11/h5-10,15H,1-4H3/b13-9-. The van der Waals surface area contributed by atoms with E-state index in [2.05, 4.69) is 37.2 Å². The van der Waals surface area contributed by atoms with Crippen molar-refractivity contribution in [1.82, 2.24) is 10.2 Å². The second kappa shape index (κ2) is 5.80. The Labute approximate surface area is 103 Å². The lowest BCUT2D eigenvalue weighted by molar-refractivity contribution is 0.395. The summed E-state index contributed by atoms with van der Waals surface area (Å²) in [7, 11) is 3.98. The van der Waals surface area contributed by atoms with Gasteiger partial charge < -0.3 is 10.2 Å². The molecule has 0 amide bonds. The number of rotatable bonds is 4. The van der Waals surface area contributed by atoms with Gasteiger partial charge in [-0.25, -0.2) is 0 Å². The fraction of sp³-hybridized carbons (Fsp3) is 0.385. The molecule has 0 aliphatic rings. The van der Waals surface area contributed by atoms with Gasteiger partial charge in [-0.3, -0.25) is 0 Å². The van der Waals surface area contributed by atoms with Gasteiger partial charge in [-0.05, 0) is 26.0 Å². The molecule has 0 atom stereocenters. The van der Waals surface area contributed by atoms with Crippen LogP contribution < -0.4 is 5.32 Å². The molecule has 16 heavy (non-hydrogen) atoms. The molecular formula is C13H19ClN2. The van der Waals surface area contributed by atoms with Crippen LogP contribution in [0.3, 0.4) is 0 Å². The predicted octanol–water partition coefficient (Wildman–Crippen LogP) is 3.20. The van der Waals surface area contributed by atoms with E-state index in [0.29, 0.717) is 6.04 Å². The van der Waals surface area contributed by atoms with Gasteiger partial charge in [-0.15, -0.1) is 0 Å². The van der Waals surface area contributed by atoms with Crippen LogP contribution in [0.2, 0.25) is 5.02 Å². The van der Waals surface area contributed by atoms with Gasteiger partial charge in [0.2, 0.25) is 0 Å². The lowest BCUT2D eigenvalue weighted by Crippen LogP contribution is -2.25. The summed E-state index contributed by atoms with van der Waals surface area (Å²) in [5.41, 5.74) is 2.26. The molecule has 2 nitrogen and oxygen atoms in total. The summed E-state index contributed by atoms with van der Waals surface area (Å²) in [6.45, 7) is 4.32. The lowest BCUT2D eigenvalue weighted by atomic mass is 10.1. The highest BCUT2D eigenvalue weighted by molar-refractivity contribution is 6.30. The Bertz CT molecular complexity index is 372. The zero-order valence-electron chi connectivity index (χ0n) is 10.3. The molecule has 0 bridgehead atoms. The highest BCUT2D eigenvalue weighted by Gasteiger charge is 2.10. The number of nitrogens with zero attached hydrogens (tertiary/aromatic N) is 1. The second-order valence-corrected chi connectivity index (χ2v) is 4.47. The van der Waals surface area contributed by atoms with E-state index in [4.69, 9.17) is 11.6 Å². The Morgan fingerprint density at radius 3 is 2.62 bits per heavy atom. The van der Waals surface area contributed by atoms with Crippen molar-refractivity contribution in [2.75, 3.05) is 14.1 Å². The number of halogens is 1. The van der Waals surface area contributed by atoms with Crippen molar-refractivity contribution in [3.63, 3.8) is 0 Å². The Kier molecular flexibility index (Phi) is 4.69. The van der Waals surface area contributed by atoms with Gasteiger partial charge in [0.1, 0.15) is 0 Å². The Morgan fingerprint density at radius 2 is 2.12 bits per heavy atom. The van der Waals surface area contributed by atoms with Crippen LogP contribution in [0.5, 0.6) is 0 Å². The maximum atomic E-state index is 6.01. The average Bonchev–Trinajstić information content (AvgIpc) is 2.24. The van der Waals surface area contributed by atoms with Crippen molar-refractivity contribution in [3.05, 3.63) is 41.1 Å². The molecule has 0 aliphatic heterocycles. The molecule has 1 aromatic carbocycles. The van der Waals surface area contributed by atoms with Gasteiger partial charge in [0.05, 0.1) is 5.70 Å². The summed E-state index contributed by atoms with van der Waals surface area (Å²) in [4.78, 5) is 2.21. The first-order chi connectivity index (χ1) is 7.56. The van der Waals surface area contributed by atoms with E-state index in [-0.39, 0.29) is 0 Å². The third kappa shape index (κ3) is 3.17. The molecule has 0 aromatic heterocycles. The van der Waals surface area contributed by atoms with E-state index in [1.807, 2.05) is 31.4 Å². The highest BCUT2D eigenvalue weighted by Crippen LogP contribution is 2.22. The zero-order chi connectivity index (χ0) is 12.1. The van der Waals surface area contributed by atoms with E-state index in [0.717, 1.165) is 16.3 Å². The van der Waals surface area contributed by atoms with E-state index in [1.165, 1.54) is 0 Å². The molecule has 0 saturated carbocycles. The molecule has 0 spiro atoms. The summed E-state index contributed by atoms with van der Waals surface area (Å²) < 4.78 is 0. The Morgan fingerprint density at radius 1 is 1.44 bits per heavy atom. The maximum Gasteiger partial charge on any atom is 0.0599 e. The number of hydrogen-bond acceptors (Lipinski definition) is 2. The molecular weight excluding hydrogens is 220 g/mol. The average molecular weight is 239 g/mol. The van der Waals surface area contributed by atoms with Crippen molar-refractivity contribution in [3.8, 4) is 0 Å². The Hall–Kier alpha value is -1.15. The first-order valence-electron chi connectivity index (χ1n) is 5.42. The first kappa shape index (κ1) is 12.9. The summed E-state index contributed by atoms with van der Waals surface area (Å²) in [6.07, 6.45) is 1.99. The minimum Gasteiger partial charge on any atom is -0.392 e. The highest BCUT2D eigenvalue weighted by atomic mass is 35.5. The van der Waals surface area contributed by atoms with Crippen molar-refractivity contribution in [1.29, 1.82) is 0 Å². The van der Waals surface area contributed by atoms with Crippen LogP contribution in [-0.4, -0.2) is 25.0 Å². The SMILES string of the molecule is CN/C=C(/c1cccc(Cl)c1)N(C)C(C)C. The Balaban J connectivity index is 3.08. The van der Waals surface area contributed by atoms with E-state index >= 15 is 0 Å². The summed E-state index contributed by atoms with van der Waals surface area (Å²) in [6, 6.07) is 8.34. The van der Waals surface area contributed by atoms with Crippen LogP contribution in [-0.2, 0) is 0 Å². The minimum absolute atomic E-state index is 0.443. The van der Waals surface area contributed by atoms with Gasteiger partial charge in [-0.1, -0.05) is 23.7 Å². The summed E-state index contributed by atoms with van der Waals surface area (Å²) in [5.74, 6) is 0. The molecule has 0 radical (unpaired) electrons. The molecule has 3 heteroatoms. The predicted molar refractivity (Wildman–Crippen MR) is 71.4 cm³/mol. The first-order valence-corrected chi connectivity index (χ1v) is 5.80. The number of benzene rings is 1. The molecule has 0 saturated heterocycles. The second-order valence-electron chi connectivity index (χ2n) is 4.03. The largest absolute Gasteiger partial charge is 0.392 e. The normalized spacial score (nSPS) is 11.8. The van der Waals surface area contributed by atoms with Gasteiger partial charge >= 0.3 is 0 Å².